The van der Waals surface area contributed by atoms with E-state index in [1.807, 2.05) is 0 Å². The van der Waals surface area contributed by atoms with Crippen LogP contribution in [0.4, 0.5) is 0 Å². The molecule has 0 radical (unpaired) electrons. The van der Waals surface area contributed by atoms with E-state index in [1.54, 1.807) is 6.08 Å². The molecule has 1 heterocycles. The van der Waals surface area contributed by atoms with E-state index >= 15 is 0 Å². The van der Waals surface area contributed by atoms with Crippen LogP contribution in [0.3, 0.4) is 0 Å². The minimum absolute atomic E-state index is 0.0471. The van der Waals surface area contributed by atoms with E-state index in [2.05, 4.69) is 26.8 Å². The molecule has 0 amide bonds. The van der Waals surface area contributed by atoms with Crippen LogP contribution >= 0.6 is 0 Å². The summed E-state index contributed by atoms with van der Waals surface area (Å²) >= 11 is 0. The van der Waals surface area contributed by atoms with Crippen molar-refractivity contribution >= 4 is 0 Å². The number of epoxide rings is 1. The lowest BCUT2D eigenvalue weighted by Crippen LogP contribution is -2.53. The Morgan fingerprint density at radius 1 is 1.19 bits per heavy atom. The molecular formula is C22H34O5. The van der Waals surface area contributed by atoms with Gasteiger partial charge < -0.3 is 25.2 Å². The van der Waals surface area contributed by atoms with E-state index in [4.69, 9.17) is 4.74 Å². The molecule has 27 heavy (non-hydrogen) atoms. The Morgan fingerprint density at radius 3 is 2.59 bits per heavy atom. The molecular weight excluding hydrogens is 344 g/mol. The zero-order valence-electron chi connectivity index (χ0n) is 16.7. The van der Waals surface area contributed by atoms with Crippen molar-refractivity contribution in [2.24, 2.45) is 22.7 Å². The molecule has 4 aliphatic rings. The molecule has 0 aromatic rings. The standard InChI is InChI=1S/C22H34O5/c1-13-5-6-16-20(2,12-24)7-4-8-21(16,3)15(13)10-22-17(25)9-14(11-23)18(26)19(22)27-22/h5,9,15-19,23-26H,4,6-8,10-12H2,1-3H3/t15-,16-,17+,18+,19+,20+,21+,22-/m0/s1. The average molecular weight is 379 g/mol. The molecule has 4 N–H and O–H groups in total. The summed E-state index contributed by atoms with van der Waals surface area (Å²) in [5.74, 6) is 0.651. The van der Waals surface area contributed by atoms with Crippen molar-refractivity contribution in [2.75, 3.05) is 13.2 Å². The highest BCUT2D eigenvalue weighted by Gasteiger charge is 2.68. The SMILES string of the molecule is CC1=CC[C@H]2[C@@](C)(CO)CCC[C@]2(C)[C@H]1C[C@@]12O[C@@H]1[C@H](O)C(CO)=C[C@H]2O. The van der Waals surface area contributed by atoms with Crippen LogP contribution in [-0.4, -0.2) is 57.6 Å². The van der Waals surface area contributed by atoms with Gasteiger partial charge in [-0.1, -0.05) is 31.9 Å². The zero-order valence-corrected chi connectivity index (χ0v) is 16.7. The maximum absolute atomic E-state index is 10.8. The van der Waals surface area contributed by atoms with Crippen molar-refractivity contribution < 1.29 is 25.2 Å². The quantitative estimate of drug-likeness (QED) is 0.443. The molecule has 0 aromatic carbocycles. The first-order valence-corrected chi connectivity index (χ1v) is 10.3. The predicted octanol–water partition coefficient (Wildman–Crippen LogP) is 1.94. The summed E-state index contributed by atoms with van der Waals surface area (Å²) in [4.78, 5) is 0. The van der Waals surface area contributed by atoms with Crippen LogP contribution in [-0.2, 0) is 4.74 Å². The Morgan fingerprint density at radius 2 is 1.93 bits per heavy atom. The normalized spacial score (nSPS) is 51.7. The highest BCUT2D eigenvalue weighted by molar-refractivity contribution is 5.33. The Labute approximate surface area is 161 Å². The van der Waals surface area contributed by atoms with Gasteiger partial charge in [-0.05, 0) is 66.9 Å². The molecule has 0 bridgehead atoms. The number of allylic oxidation sites excluding steroid dienone is 2. The van der Waals surface area contributed by atoms with Crippen molar-refractivity contribution in [2.45, 2.75) is 76.8 Å². The Kier molecular flexibility index (Phi) is 4.64. The van der Waals surface area contributed by atoms with Crippen molar-refractivity contribution in [3.63, 3.8) is 0 Å². The molecule has 0 aromatic heterocycles. The van der Waals surface area contributed by atoms with Gasteiger partial charge in [-0.2, -0.15) is 0 Å². The monoisotopic (exact) mass is 378 g/mol. The third kappa shape index (κ3) is 2.70. The number of fused-ring (bicyclic) bond motifs is 2. The zero-order chi connectivity index (χ0) is 19.6. The van der Waals surface area contributed by atoms with E-state index < -0.39 is 23.9 Å². The van der Waals surface area contributed by atoms with Crippen molar-refractivity contribution in [1.29, 1.82) is 0 Å². The topological polar surface area (TPSA) is 93.5 Å². The summed E-state index contributed by atoms with van der Waals surface area (Å²) in [5.41, 5.74) is 1.00. The van der Waals surface area contributed by atoms with Gasteiger partial charge in [0.25, 0.3) is 0 Å². The van der Waals surface area contributed by atoms with Crippen LogP contribution in [0.15, 0.2) is 23.3 Å². The number of hydrogen-bond donors (Lipinski definition) is 4. The molecule has 4 rings (SSSR count). The number of ether oxygens (including phenoxy) is 1. The second-order valence-corrected chi connectivity index (χ2v) is 9.95. The van der Waals surface area contributed by atoms with Crippen molar-refractivity contribution in [3.05, 3.63) is 23.3 Å². The molecule has 5 nitrogen and oxygen atoms in total. The molecule has 1 saturated heterocycles. The van der Waals surface area contributed by atoms with Crippen LogP contribution in [0, 0.1) is 22.7 Å². The fourth-order valence-corrected chi connectivity index (χ4v) is 6.70. The third-order valence-electron chi connectivity index (χ3n) is 8.50. The summed E-state index contributed by atoms with van der Waals surface area (Å²) in [6, 6.07) is 0. The van der Waals surface area contributed by atoms with Gasteiger partial charge >= 0.3 is 0 Å². The molecule has 5 heteroatoms. The van der Waals surface area contributed by atoms with Crippen LogP contribution in [0.25, 0.3) is 0 Å². The number of aliphatic hydroxyl groups is 4. The van der Waals surface area contributed by atoms with E-state index in [0.29, 0.717) is 17.9 Å². The van der Waals surface area contributed by atoms with Gasteiger partial charge in [0.2, 0.25) is 0 Å². The van der Waals surface area contributed by atoms with Gasteiger partial charge in [-0.3, -0.25) is 0 Å². The van der Waals surface area contributed by atoms with Crippen LogP contribution in [0.2, 0.25) is 0 Å². The molecule has 152 valence electrons. The molecule has 3 aliphatic carbocycles. The first kappa shape index (κ1) is 19.6. The van der Waals surface area contributed by atoms with Crippen molar-refractivity contribution in [3.8, 4) is 0 Å². The van der Waals surface area contributed by atoms with Crippen molar-refractivity contribution in [1.82, 2.24) is 0 Å². The van der Waals surface area contributed by atoms with Gasteiger partial charge in [0, 0.05) is 6.61 Å². The smallest absolute Gasteiger partial charge is 0.128 e. The second-order valence-electron chi connectivity index (χ2n) is 9.95. The fraction of sp³-hybridized carbons (Fsp3) is 0.818. The van der Waals surface area contributed by atoms with Gasteiger partial charge in [-0.25, -0.2) is 0 Å². The number of rotatable bonds is 4. The van der Waals surface area contributed by atoms with E-state index in [1.165, 1.54) is 5.57 Å². The highest BCUT2D eigenvalue weighted by atomic mass is 16.6. The predicted molar refractivity (Wildman–Crippen MR) is 102 cm³/mol. The van der Waals surface area contributed by atoms with E-state index in [9.17, 15) is 20.4 Å². The van der Waals surface area contributed by atoms with E-state index in [0.717, 1.165) is 25.7 Å². The summed E-state index contributed by atoms with van der Waals surface area (Å²) in [7, 11) is 0. The van der Waals surface area contributed by atoms with Crippen LogP contribution < -0.4 is 0 Å². The lowest BCUT2D eigenvalue weighted by molar-refractivity contribution is -0.0808. The Hall–Kier alpha value is -0.720. The summed E-state index contributed by atoms with van der Waals surface area (Å²) in [6.45, 7) is 6.68. The fourth-order valence-electron chi connectivity index (χ4n) is 6.70. The van der Waals surface area contributed by atoms with Gasteiger partial charge in [0.05, 0.1) is 6.61 Å². The van der Waals surface area contributed by atoms with Crippen LogP contribution in [0.1, 0.15) is 52.9 Å². The average Bonchev–Trinajstić information content (AvgIpc) is 3.38. The maximum Gasteiger partial charge on any atom is 0.128 e. The minimum atomic E-state index is -0.844. The Balaban J connectivity index is 1.65. The lowest BCUT2D eigenvalue weighted by Gasteiger charge is -2.57. The molecule has 1 aliphatic heterocycles. The van der Waals surface area contributed by atoms with Gasteiger partial charge in [-0.15, -0.1) is 0 Å². The second kappa shape index (κ2) is 6.39. The van der Waals surface area contributed by atoms with Crippen LogP contribution in [0.5, 0.6) is 0 Å². The molecule has 0 unspecified atom stereocenters. The molecule has 0 spiro atoms. The minimum Gasteiger partial charge on any atom is -0.396 e. The van der Waals surface area contributed by atoms with E-state index in [-0.39, 0.29) is 30.0 Å². The molecule has 2 fully saturated rings. The third-order valence-corrected chi connectivity index (χ3v) is 8.50. The number of aliphatic hydroxyl groups excluding tert-OH is 4. The first-order chi connectivity index (χ1) is 12.7. The van der Waals surface area contributed by atoms with Gasteiger partial charge in [0.15, 0.2) is 0 Å². The summed E-state index contributed by atoms with van der Waals surface area (Å²) in [6.07, 6.45) is 6.72. The largest absolute Gasteiger partial charge is 0.396 e. The molecule has 1 saturated carbocycles. The summed E-state index contributed by atoms with van der Waals surface area (Å²) < 4.78 is 5.94. The molecule has 8 atom stereocenters. The highest BCUT2D eigenvalue weighted by Crippen LogP contribution is 2.63. The summed E-state index contributed by atoms with van der Waals surface area (Å²) in [5, 5.41) is 40.7. The maximum atomic E-state index is 10.8. The Bertz CT molecular complexity index is 672. The van der Waals surface area contributed by atoms with Gasteiger partial charge in [0.1, 0.15) is 23.9 Å². The first-order valence-electron chi connectivity index (χ1n) is 10.3. The number of hydrogen-bond acceptors (Lipinski definition) is 5. The lowest BCUT2D eigenvalue weighted by atomic mass is 9.47.